The van der Waals surface area contributed by atoms with Crippen LogP contribution in [0.3, 0.4) is 0 Å². The van der Waals surface area contributed by atoms with Crippen molar-refractivity contribution < 1.29 is 22.7 Å². The van der Waals surface area contributed by atoms with Gasteiger partial charge in [0.2, 0.25) is 0 Å². The fourth-order valence-corrected chi connectivity index (χ4v) is 1.66. The molecule has 0 aliphatic carbocycles. The minimum atomic E-state index is -4.40. The number of hydrogen-bond donors (Lipinski definition) is 1. The SMILES string of the molecule is CC(C)(C)OC(=O)Nc1cn(-c2ccc(C(F)(F)F)cc2)nn1. The Labute approximate surface area is 130 Å². The lowest BCUT2D eigenvalue weighted by Gasteiger charge is -2.18. The number of carbonyl (C=O) groups excluding carboxylic acids is 1. The molecular formula is C14H15F3N4O2. The molecule has 1 aromatic heterocycles. The van der Waals surface area contributed by atoms with Gasteiger partial charge in [-0.2, -0.15) is 13.2 Å². The van der Waals surface area contributed by atoms with Crippen LogP contribution in [0.4, 0.5) is 23.8 Å². The van der Waals surface area contributed by atoms with Gasteiger partial charge in [0.1, 0.15) is 5.60 Å². The van der Waals surface area contributed by atoms with E-state index in [-0.39, 0.29) is 5.82 Å². The highest BCUT2D eigenvalue weighted by atomic mass is 19.4. The molecule has 0 radical (unpaired) electrons. The summed E-state index contributed by atoms with van der Waals surface area (Å²) in [5.41, 5.74) is -1.04. The Morgan fingerprint density at radius 3 is 2.30 bits per heavy atom. The highest BCUT2D eigenvalue weighted by Crippen LogP contribution is 2.29. The second-order valence-electron chi connectivity index (χ2n) is 5.72. The zero-order chi connectivity index (χ0) is 17.3. The molecule has 0 bridgehead atoms. The van der Waals surface area contributed by atoms with Gasteiger partial charge in [0, 0.05) is 0 Å². The number of carbonyl (C=O) groups is 1. The second kappa shape index (κ2) is 5.90. The number of hydrogen-bond acceptors (Lipinski definition) is 4. The molecule has 1 amide bonds. The average Bonchev–Trinajstić information content (AvgIpc) is 2.84. The first-order chi connectivity index (χ1) is 10.5. The Hall–Kier alpha value is -2.58. The maximum Gasteiger partial charge on any atom is 0.416 e. The lowest BCUT2D eigenvalue weighted by atomic mass is 10.2. The van der Waals surface area contributed by atoms with Gasteiger partial charge in [-0.1, -0.05) is 5.21 Å². The summed E-state index contributed by atoms with van der Waals surface area (Å²) in [6.07, 6.45) is -3.73. The van der Waals surface area contributed by atoms with Crippen LogP contribution in [-0.2, 0) is 10.9 Å². The number of anilines is 1. The molecule has 9 heteroatoms. The Morgan fingerprint density at radius 1 is 1.17 bits per heavy atom. The highest BCUT2D eigenvalue weighted by Gasteiger charge is 2.30. The van der Waals surface area contributed by atoms with Crippen LogP contribution in [-0.4, -0.2) is 26.7 Å². The number of nitrogens with one attached hydrogen (secondary N) is 1. The maximum atomic E-state index is 12.5. The van der Waals surface area contributed by atoms with Crippen molar-refractivity contribution in [3.05, 3.63) is 36.0 Å². The van der Waals surface area contributed by atoms with E-state index in [1.54, 1.807) is 20.8 Å². The normalized spacial score (nSPS) is 12.1. The van der Waals surface area contributed by atoms with Gasteiger partial charge >= 0.3 is 12.3 Å². The predicted molar refractivity (Wildman–Crippen MR) is 76.2 cm³/mol. The first-order valence-electron chi connectivity index (χ1n) is 6.64. The van der Waals surface area contributed by atoms with E-state index in [1.165, 1.54) is 23.0 Å². The zero-order valence-corrected chi connectivity index (χ0v) is 12.7. The van der Waals surface area contributed by atoms with Crippen molar-refractivity contribution in [3.63, 3.8) is 0 Å². The molecule has 2 aromatic rings. The molecule has 0 atom stereocenters. The van der Waals surface area contributed by atoms with Crippen molar-refractivity contribution in [2.45, 2.75) is 32.5 Å². The third kappa shape index (κ3) is 4.70. The number of alkyl halides is 3. The molecule has 0 saturated heterocycles. The average molecular weight is 328 g/mol. The van der Waals surface area contributed by atoms with Gasteiger partial charge in [0.25, 0.3) is 0 Å². The lowest BCUT2D eigenvalue weighted by molar-refractivity contribution is -0.137. The van der Waals surface area contributed by atoms with E-state index in [4.69, 9.17) is 4.74 Å². The summed E-state index contributed by atoms with van der Waals surface area (Å²) in [4.78, 5) is 11.6. The largest absolute Gasteiger partial charge is 0.444 e. The predicted octanol–water partition coefficient (Wildman–Crippen LogP) is 3.63. The number of halogens is 3. The smallest absolute Gasteiger partial charge is 0.416 e. The third-order valence-corrected chi connectivity index (χ3v) is 2.58. The molecule has 0 aliphatic rings. The van der Waals surface area contributed by atoms with Gasteiger partial charge in [-0.15, -0.1) is 5.10 Å². The molecule has 1 heterocycles. The van der Waals surface area contributed by atoms with E-state index in [9.17, 15) is 18.0 Å². The molecule has 1 aromatic carbocycles. The van der Waals surface area contributed by atoms with Crippen LogP contribution in [0.25, 0.3) is 5.69 Å². The monoisotopic (exact) mass is 328 g/mol. The summed E-state index contributed by atoms with van der Waals surface area (Å²) < 4.78 is 43.8. The van der Waals surface area contributed by atoms with Crippen LogP contribution in [0.2, 0.25) is 0 Å². The molecule has 124 valence electrons. The van der Waals surface area contributed by atoms with Crippen LogP contribution in [0.5, 0.6) is 0 Å². The maximum absolute atomic E-state index is 12.5. The van der Waals surface area contributed by atoms with E-state index >= 15 is 0 Å². The Balaban J connectivity index is 2.09. The minimum Gasteiger partial charge on any atom is -0.444 e. The van der Waals surface area contributed by atoms with Crippen molar-refractivity contribution >= 4 is 11.9 Å². The summed E-state index contributed by atoms with van der Waals surface area (Å²) in [6, 6.07) is 4.40. The van der Waals surface area contributed by atoms with Gasteiger partial charge in [-0.3, -0.25) is 5.32 Å². The molecule has 0 aliphatic heterocycles. The summed E-state index contributed by atoms with van der Waals surface area (Å²) in [5, 5.41) is 9.84. The quantitative estimate of drug-likeness (QED) is 0.914. The summed E-state index contributed by atoms with van der Waals surface area (Å²) in [7, 11) is 0. The molecule has 2 rings (SSSR count). The van der Waals surface area contributed by atoms with E-state index in [2.05, 4.69) is 15.6 Å². The van der Waals surface area contributed by atoms with Gasteiger partial charge in [0.05, 0.1) is 17.4 Å². The van der Waals surface area contributed by atoms with Gasteiger partial charge in [-0.05, 0) is 45.0 Å². The Morgan fingerprint density at radius 2 is 1.78 bits per heavy atom. The first kappa shape index (κ1) is 16.8. The first-order valence-corrected chi connectivity index (χ1v) is 6.64. The third-order valence-electron chi connectivity index (χ3n) is 2.58. The Bertz CT molecular complexity index is 687. The molecule has 0 unspecified atom stereocenters. The van der Waals surface area contributed by atoms with Crippen LogP contribution in [0.15, 0.2) is 30.5 Å². The van der Waals surface area contributed by atoms with E-state index in [0.29, 0.717) is 5.69 Å². The zero-order valence-electron chi connectivity index (χ0n) is 12.7. The van der Waals surface area contributed by atoms with E-state index in [1.807, 2.05) is 0 Å². The van der Waals surface area contributed by atoms with Crippen molar-refractivity contribution in [2.75, 3.05) is 5.32 Å². The van der Waals surface area contributed by atoms with Crippen molar-refractivity contribution in [3.8, 4) is 5.69 Å². The van der Waals surface area contributed by atoms with Crippen molar-refractivity contribution in [1.29, 1.82) is 0 Å². The summed E-state index contributed by atoms with van der Waals surface area (Å²) in [6.45, 7) is 5.14. The van der Waals surface area contributed by atoms with Crippen molar-refractivity contribution in [1.82, 2.24) is 15.0 Å². The van der Waals surface area contributed by atoms with Crippen LogP contribution in [0, 0.1) is 0 Å². The molecule has 6 nitrogen and oxygen atoms in total. The fourth-order valence-electron chi connectivity index (χ4n) is 1.66. The van der Waals surface area contributed by atoms with Crippen LogP contribution in [0.1, 0.15) is 26.3 Å². The lowest BCUT2D eigenvalue weighted by Crippen LogP contribution is -2.27. The van der Waals surface area contributed by atoms with Gasteiger partial charge in [-0.25, -0.2) is 9.48 Å². The second-order valence-corrected chi connectivity index (χ2v) is 5.72. The standard InChI is InChI=1S/C14H15F3N4O2/c1-13(2,3)23-12(22)18-11-8-21(20-19-11)10-6-4-9(5-7-10)14(15,16)17/h4-8H,1-3H3,(H,18,22). The Kier molecular flexibility index (Phi) is 4.31. The number of aromatic nitrogens is 3. The number of benzene rings is 1. The molecule has 0 fully saturated rings. The van der Waals surface area contributed by atoms with Crippen molar-refractivity contribution in [2.24, 2.45) is 0 Å². The van der Waals surface area contributed by atoms with Gasteiger partial charge in [0.15, 0.2) is 5.82 Å². The number of amides is 1. The number of rotatable bonds is 2. The molecule has 23 heavy (non-hydrogen) atoms. The molecule has 0 saturated carbocycles. The van der Waals surface area contributed by atoms with Gasteiger partial charge < -0.3 is 4.74 Å². The summed E-state index contributed by atoms with van der Waals surface area (Å²) >= 11 is 0. The topological polar surface area (TPSA) is 69.0 Å². The molecular weight excluding hydrogens is 313 g/mol. The number of nitrogens with zero attached hydrogens (tertiary/aromatic N) is 3. The van der Waals surface area contributed by atoms with Crippen LogP contribution >= 0.6 is 0 Å². The fraction of sp³-hybridized carbons (Fsp3) is 0.357. The summed E-state index contributed by atoms with van der Waals surface area (Å²) in [5.74, 6) is 0.124. The number of ether oxygens (including phenoxy) is 1. The molecule has 1 N–H and O–H groups in total. The minimum absolute atomic E-state index is 0.124. The van der Waals surface area contributed by atoms with Crippen LogP contribution < -0.4 is 5.32 Å². The molecule has 0 spiro atoms. The highest BCUT2D eigenvalue weighted by molar-refractivity contribution is 5.83. The van der Waals surface area contributed by atoms with E-state index < -0.39 is 23.4 Å². The van der Waals surface area contributed by atoms with E-state index in [0.717, 1.165) is 12.1 Å².